The van der Waals surface area contributed by atoms with E-state index in [4.69, 9.17) is 0 Å². The zero-order valence-corrected chi connectivity index (χ0v) is 14.3. The Bertz CT molecular complexity index is 726. The van der Waals surface area contributed by atoms with Crippen LogP contribution in [0, 0.1) is 18.4 Å². The molecule has 1 aliphatic carbocycles. The molecule has 1 fully saturated rings. The maximum Gasteiger partial charge on any atom is 0.0785 e. The zero-order chi connectivity index (χ0) is 16.6. The lowest BCUT2D eigenvalue weighted by Gasteiger charge is -2.47. The Kier molecular flexibility index (Phi) is 4.20. The minimum absolute atomic E-state index is 0.0940. The maximum atomic E-state index is 4.29. The highest BCUT2D eigenvalue weighted by atomic mass is 14.9. The van der Waals surface area contributed by atoms with Gasteiger partial charge in [-0.1, -0.05) is 43.4 Å². The highest BCUT2D eigenvalue weighted by Crippen LogP contribution is 2.49. The number of rotatable bonds is 4. The summed E-state index contributed by atoms with van der Waals surface area (Å²) in [6.07, 6.45) is 6.63. The Hall–Kier alpha value is -1.80. The summed E-state index contributed by atoms with van der Waals surface area (Å²) < 4.78 is 0. The van der Waals surface area contributed by atoms with Gasteiger partial charge >= 0.3 is 0 Å². The first-order valence-electron chi connectivity index (χ1n) is 8.49. The Morgan fingerprint density at radius 1 is 1.43 bits per heavy atom. The molecule has 1 aromatic heterocycles. The van der Waals surface area contributed by atoms with Gasteiger partial charge in [0.2, 0.25) is 0 Å². The lowest BCUT2D eigenvalue weighted by Crippen LogP contribution is -2.89. The summed E-state index contributed by atoms with van der Waals surface area (Å²) in [6.45, 7) is 12.9. The van der Waals surface area contributed by atoms with E-state index in [0.717, 1.165) is 12.8 Å². The zero-order valence-electron chi connectivity index (χ0n) is 14.3. The molecule has 3 rings (SSSR count). The van der Waals surface area contributed by atoms with E-state index in [2.05, 4.69) is 80.9 Å². The molecule has 0 bridgehead atoms. The largest absolute Gasteiger partial charge is 0.475 e. The van der Waals surface area contributed by atoms with Crippen molar-refractivity contribution in [2.24, 2.45) is 11.3 Å². The number of benzene rings is 1. The molecule has 1 heterocycles. The fraction of sp³-hybridized carbons (Fsp3) is 0.381. The number of hydrogen-bond donors (Lipinski definition) is 2. The van der Waals surface area contributed by atoms with Gasteiger partial charge in [0.15, 0.2) is 0 Å². The van der Waals surface area contributed by atoms with Gasteiger partial charge in [-0.25, -0.2) is 0 Å². The summed E-state index contributed by atoms with van der Waals surface area (Å²) in [5.74, 6) is 0.892. The SMILES string of the molecule is C=C[C@]1(C)CC[C@@H](C(=C)C)[C@H](c2c[nH]c3ccccc23)[C@H]1[NH2+][CH2-]. The van der Waals surface area contributed by atoms with Gasteiger partial charge < -0.3 is 10.3 Å². The molecule has 0 radical (unpaired) electrons. The molecule has 2 aromatic rings. The standard InChI is InChI=1S/C21H28N2/c1-6-21(4)12-11-15(14(2)3)19(20(21)22-5)17-13-23-18-10-8-7-9-16(17)18/h6-10,13,15,19-20,23H,1-2,5,11-12,22H2,3-4H3/t15-,19+,20+,21+/m0/s1. The fourth-order valence-corrected chi connectivity index (χ4v) is 4.46. The quantitative estimate of drug-likeness (QED) is 0.628. The highest BCUT2D eigenvalue weighted by Gasteiger charge is 2.47. The first kappa shape index (κ1) is 16.1. The number of para-hydroxylation sites is 1. The molecule has 0 aliphatic heterocycles. The lowest BCUT2D eigenvalue weighted by molar-refractivity contribution is -0.653. The minimum atomic E-state index is 0.0940. The van der Waals surface area contributed by atoms with Crippen molar-refractivity contribution in [1.82, 2.24) is 4.98 Å². The highest BCUT2D eigenvalue weighted by molar-refractivity contribution is 5.83. The van der Waals surface area contributed by atoms with E-state index in [1.54, 1.807) is 0 Å². The summed E-state index contributed by atoms with van der Waals surface area (Å²) in [6, 6.07) is 8.94. The average molecular weight is 308 g/mol. The second-order valence-electron chi connectivity index (χ2n) is 7.28. The van der Waals surface area contributed by atoms with Gasteiger partial charge in [-0.05, 0) is 37.3 Å². The molecule has 1 saturated carbocycles. The van der Waals surface area contributed by atoms with E-state index in [1.165, 1.54) is 22.0 Å². The molecule has 0 amide bonds. The summed E-state index contributed by atoms with van der Waals surface area (Å²) in [5, 5.41) is 3.47. The number of nitrogens with one attached hydrogen (secondary N) is 1. The second kappa shape index (κ2) is 6.01. The van der Waals surface area contributed by atoms with Crippen LogP contribution in [0.2, 0.25) is 0 Å². The molecule has 2 heteroatoms. The molecule has 0 spiro atoms. The van der Waals surface area contributed by atoms with E-state index in [-0.39, 0.29) is 5.41 Å². The van der Waals surface area contributed by atoms with E-state index in [9.17, 15) is 0 Å². The fourth-order valence-electron chi connectivity index (χ4n) is 4.46. The van der Waals surface area contributed by atoms with Gasteiger partial charge in [-0.15, -0.1) is 6.58 Å². The lowest BCUT2D eigenvalue weighted by atomic mass is 9.59. The molecule has 0 saturated heterocycles. The van der Waals surface area contributed by atoms with Gasteiger partial charge in [-0.2, -0.15) is 7.05 Å². The van der Waals surface area contributed by atoms with Crippen molar-refractivity contribution in [2.45, 2.75) is 38.6 Å². The monoisotopic (exact) mass is 308 g/mol. The van der Waals surface area contributed by atoms with Crippen molar-refractivity contribution in [3.63, 3.8) is 0 Å². The van der Waals surface area contributed by atoms with Crippen LogP contribution >= 0.6 is 0 Å². The summed E-state index contributed by atoms with van der Waals surface area (Å²) in [5.41, 5.74) is 3.97. The van der Waals surface area contributed by atoms with Crippen molar-refractivity contribution in [3.8, 4) is 0 Å². The molecular formula is C21H28N2. The summed E-state index contributed by atoms with van der Waals surface area (Å²) in [4.78, 5) is 3.45. The number of H-pyrrole nitrogens is 1. The Morgan fingerprint density at radius 3 is 2.83 bits per heavy atom. The van der Waals surface area contributed by atoms with Crippen LogP contribution < -0.4 is 5.32 Å². The molecule has 23 heavy (non-hydrogen) atoms. The smallest absolute Gasteiger partial charge is 0.0785 e. The summed E-state index contributed by atoms with van der Waals surface area (Å²) >= 11 is 0. The number of quaternary nitrogens is 1. The third-order valence-electron chi connectivity index (χ3n) is 5.91. The maximum absolute atomic E-state index is 4.29. The minimum Gasteiger partial charge on any atom is -0.475 e. The van der Waals surface area contributed by atoms with Crippen LogP contribution in [0.4, 0.5) is 0 Å². The number of fused-ring (bicyclic) bond motifs is 1. The van der Waals surface area contributed by atoms with Crippen LogP contribution in [0.15, 0.2) is 55.3 Å². The van der Waals surface area contributed by atoms with Crippen molar-refractivity contribution in [3.05, 3.63) is 67.9 Å². The normalized spacial score (nSPS) is 31.2. The van der Waals surface area contributed by atoms with E-state index < -0.39 is 0 Å². The molecule has 2 nitrogen and oxygen atoms in total. The van der Waals surface area contributed by atoms with Crippen LogP contribution in [0.3, 0.4) is 0 Å². The average Bonchev–Trinajstić information content (AvgIpc) is 2.97. The van der Waals surface area contributed by atoms with Crippen LogP contribution in [0.5, 0.6) is 0 Å². The van der Waals surface area contributed by atoms with E-state index in [0.29, 0.717) is 17.9 Å². The molecule has 1 aliphatic rings. The molecule has 4 atom stereocenters. The predicted octanol–water partition coefficient (Wildman–Crippen LogP) is 4.15. The molecular weight excluding hydrogens is 280 g/mol. The van der Waals surface area contributed by atoms with Crippen LogP contribution in [0.1, 0.15) is 38.2 Å². The first-order valence-corrected chi connectivity index (χ1v) is 8.49. The van der Waals surface area contributed by atoms with Gasteiger partial charge in [0, 0.05) is 28.4 Å². The van der Waals surface area contributed by atoms with Gasteiger partial charge in [0.1, 0.15) is 0 Å². The van der Waals surface area contributed by atoms with Crippen LogP contribution in [0.25, 0.3) is 10.9 Å². The molecule has 3 N–H and O–H groups in total. The van der Waals surface area contributed by atoms with E-state index >= 15 is 0 Å². The Balaban J connectivity index is 2.16. The molecule has 122 valence electrons. The number of nitrogens with two attached hydrogens (primary N) is 1. The second-order valence-corrected chi connectivity index (χ2v) is 7.28. The Morgan fingerprint density at radius 2 is 2.17 bits per heavy atom. The van der Waals surface area contributed by atoms with Crippen molar-refractivity contribution in [2.75, 3.05) is 0 Å². The number of allylic oxidation sites excluding steroid dienone is 1. The third kappa shape index (κ3) is 2.55. The van der Waals surface area contributed by atoms with Gasteiger partial charge in [-0.3, -0.25) is 0 Å². The van der Waals surface area contributed by atoms with Crippen molar-refractivity contribution in [1.29, 1.82) is 0 Å². The first-order chi connectivity index (χ1) is 11.0. The van der Waals surface area contributed by atoms with Gasteiger partial charge in [0.25, 0.3) is 0 Å². The molecule has 1 aromatic carbocycles. The topological polar surface area (TPSA) is 32.4 Å². The van der Waals surface area contributed by atoms with Crippen molar-refractivity contribution < 1.29 is 5.32 Å². The Labute approximate surface area is 139 Å². The number of hydrogen-bond acceptors (Lipinski definition) is 0. The van der Waals surface area contributed by atoms with Crippen LogP contribution in [-0.4, -0.2) is 11.0 Å². The van der Waals surface area contributed by atoms with E-state index in [1.807, 2.05) is 0 Å². The van der Waals surface area contributed by atoms with Crippen molar-refractivity contribution >= 4 is 10.9 Å². The third-order valence-corrected chi connectivity index (χ3v) is 5.91. The number of aromatic nitrogens is 1. The number of aromatic amines is 1. The molecule has 0 unspecified atom stereocenters. The van der Waals surface area contributed by atoms with Crippen LogP contribution in [-0.2, 0) is 0 Å². The van der Waals surface area contributed by atoms with Gasteiger partial charge in [0.05, 0.1) is 6.04 Å². The summed E-state index contributed by atoms with van der Waals surface area (Å²) in [7, 11) is 4.17. The predicted molar refractivity (Wildman–Crippen MR) is 98.0 cm³/mol.